The second kappa shape index (κ2) is 5.57. The SMILES string of the molecule is CN(c1ccccc1)c1nc(Cl)nc2cc([N+](=O)[O-])ccc12. The lowest BCUT2D eigenvalue weighted by molar-refractivity contribution is -0.384. The zero-order chi connectivity index (χ0) is 15.7. The molecule has 0 unspecified atom stereocenters. The number of anilines is 2. The van der Waals surface area contributed by atoms with Crippen LogP contribution in [-0.4, -0.2) is 21.9 Å². The maximum atomic E-state index is 10.9. The zero-order valence-electron chi connectivity index (χ0n) is 11.6. The van der Waals surface area contributed by atoms with Gasteiger partial charge in [0.05, 0.1) is 10.4 Å². The molecule has 22 heavy (non-hydrogen) atoms. The first-order valence-corrected chi connectivity index (χ1v) is 6.84. The van der Waals surface area contributed by atoms with Crippen molar-refractivity contribution in [2.75, 3.05) is 11.9 Å². The Kier molecular flexibility index (Phi) is 3.60. The number of halogens is 1. The number of benzene rings is 2. The molecule has 0 amide bonds. The molecule has 0 saturated carbocycles. The van der Waals surface area contributed by atoms with Crippen LogP contribution in [0, 0.1) is 10.1 Å². The summed E-state index contributed by atoms with van der Waals surface area (Å²) in [4.78, 5) is 20.6. The lowest BCUT2D eigenvalue weighted by Gasteiger charge is -2.19. The highest BCUT2D eigenvalue weighted by Crippen LogP contribution is 2.31. The number of para-hydroxylation sites is 1. The van der Waals surface area contributed by atoms with Crippen LogP contribution < -0.4 is 4.90 Å². The molecule has 0 spiro atoms. The summed E-state index contributed by atoms with van der Waals surface area (Å²) in [6.07, 6.45) is 0. The number of fused-ring (bicyclic) bond motifs is 1. The van der Waals surface area contributed by atoms with Gasteiger partial charge >= 0.3 is 0 Å². The predicted octanol–water partition coefficient (Wildman–Crippen LogP) is 3.96. The molecule has 0 saturated heterocycles. The molecular weight excluding hydrogens is 304 g/mol. The van der Waals surface area contributed by atoms with Gasteiger partial charge in [0.15, 0.2) is 0 Å². The molecule has 110 valence electrons. The summed E-state index contributed by atoms with van der Waals surface area (Å²) in [6.45, 7) is 0. The van der Waals surface area contributed by atoms with Crippen molar-refractivity contribution in [2.24, 2.45) is 0 Å². The monoisotopic (exact) mass is 314 g/mol. The van der Waals surface area contributed by atoms with Gasteiger partial charge in [-0.1, -0.05) is 18.2 Å². The van der Waals surface area contributed by atoms with E-state index in [1.54, 1.807) is 6.07 Å². The Hall–Kier alpha value is -2.73. The van der Waals surface area contributed by atoms with Gasteiger partial charge in [0.25, 0.3) is 5.69 Å². The maximum absolute atomic E-state index is 10.9. The van der Waals surface area contributed by atoms with Gasteiger partial charge in [-0.25, -0.2) is 4.98 Å². The van der Waals surface area contributed by atoms with Crippen LogP contribution >= 0.6 is 11.6 Å². The van der Waals surface area contributed by atoms with E-state index in [1.165, 1.54) is 12.1 Å². The summed E-state index contributed by atoms with van der Waals surface area (Å²) < 4.78 is 0. The molecule has 3 aromatic rings. The first-order valence-electron chi connectivity index (χ1n) is 6.47. The van der Waals surface area contributed by atoms with Crippen LogP contribution in [0.15, 0.2) is 48.5 Å². The molecule has 0 aliphatic carbocycles. The highest BCUT2D eigenvalue weighted by Gasteiger charge is 2.15. The molecule has 3 rings (SSSR count). The van der Waals surface area contributed by atoms with E-state index in [4.69, 9.17) is 11.6 Å². The predicted molar refractivity (Wildman–Crippen MR) is 85.7 cm³/mol. The minimum atomic E-state index is -0.462. The number of nitro groups is 1. The van der Waals surface area contributed by atoms with Gasteiger partial charge in [-0.3, -0.25) is 10.1 Å². The van der Waals surface area contributed by atoms with Crippen molar-refractivity contribution in [3.63, 3.8) is 0 Å². The number of non-ortho nitro benzene ring substituents is 1. The van der Waals surface area contributed by atoms with Gasteiger partial charge in [0.1, 0.15) is 5.82 Å². The van der Waals surface area contributed by atoms with E-state index in [0.717, 1.165) is 5.69 Å². The average molecular weight is 315 g/mol. The highest BCUT2D eigenvalue weighted by atomic mass is 35.5. The van der Waals surface area contributed by atoms with Crippen LogP contribution in [-0.2, 0) is 0 Å². The minimum absolute atomic E-state index is 0.0319. The standard InChI is InChI=1S/C15H11ClN4O2/c1-19(10-5-3-2-4-6-10)14-12-8-7-11(20(21)22)9-13(12)17-15(16)18-14/h2-9H,1H3. The maximum Gasteiger partial charge on any atom is 0.271 e. The van der Waals surface area contributed by atoms with Gasteiger partial charge in [-0.05, 0) is 29.8 Å². The number of hydrogen-bond donors (Lipinski definition) is 0. The Morgan fingerprint density at radius 3 is 2.55 bits per heavy atom. The first kappa shape index (κ1) is 14.2. The van der Waals surface area contributed by atoms with E-state index >= 15 is 0 Å². The van der Waals surface area contributed by atoms with Gasteiger partial charge in [-0.2, -0.15) is 4.98 Å². The molecular formula is C15H11ClN4O2. The van der Waals surface area contributed by atoms with E-state index < -0.39 is 4.92 Å². The number of nitrogens with zero attached hydrogens (tertiary/aromatic N) is 4. The smallest absolute Gasteiger partial charge is 0.271 e. The van der Waals surface area contributed by atoms with Crippen molar-refractivity contribution in [1.82, 2.24) is 9.97 Å². The van der Waals surface area contributed by atoms with Crippen molar-refractivity contribution in [1.29, 1.82) is 0 Å². The van der Waals surface area contributed by atoms with Crippen molar-refractivity contribution in [3.8, 4) is 0 Å². The molecule has 1 aromatic heterocycles. The van der Waals surface area contributed by atoms with E-state index in [2.05, 4.69) is 9.97 Å². The molecule has 2 aromatic carbocycles. The molecule has 1 heterocycles. The lowest BCUT2D eigenvalue weighted by Crippen LogP contribution is -2.12. The molecule has 0 bridgehead atoms. The summed E-state index contributed by atoms with van der Waals surface area (Å²) >= 11 is 5.97. The molecule has 0 aliphatic heterocycles. The first-order chi connectivity index (χ1) is 10.6. The fraction of sp³-hybridized carbons (Fsp3) is 0.0667. The van der Waals surface area contributed by atoms with Crippen LogP contribution in [0.5, 0.6) is 0 Å². The summed E-state index contributed by atoms with van der Waals surface area (Å²) in [6, 6.07) is 14.1. The summed E-state index contributed by atoms with van der Waals surface area (Å²) in [5, 5.41) is 11.6. The van der Waals surface area contributed by atoms with Crippen molar-refractivity contribution in [3.05, 3.63) is 63.9 Å². The van der Waals surface area contributed by atoms with E-state index in [1.807, 2.05) is 42.3 Å². The lowest BCUT2D eigenvalue weighted by atomic mass is 10.2. The number of hydrogen-bond acceptors (Lipinski definition) is 5. The Balaban J connectivity index is 2.19. The third kappa shape index (κ3) is 2.56. The fourth-order valence-corrected chi connectivity index (χ4v) is 2.39. The molecule has 0 radical (unpaired) electrons. The van der Waals surface area contributed by atoms with Crippen molar-refractivity contribution >= 4 is 39.7 Å². The van der Waals surface area contributed by atoms with Crippen molar-refractivity contribution in [2.45, 2.75) is 0 Å². The minimum Gasteiger partial charge on any atom is -0.329 e. The Labute approximate surface area is 131 Å². The molecule has 0 N–H and O–H groups in total. The third-order valence-electron chi connectivity index (χ3n) is 3.31. The quantitative estimate of drug-likeness (QED) is 0.415. The summed E-state index contributed by atoms with van der Waals surface area (Å²) in [5.74, 6) is 0.594. The van der Waals surface area contributed by atoms with E-state index in [-0.39, 0.29) is 11.0 Å². The third-order valence-corrected chi connectivity index (χ3v) is 3.47. The van der Waals surface area contributed by atoms with Gasteiger partial charge in [-0.15, -0.1) is 0 Å². The molecule has 7 heteroatoms. The number of nitro benzene ring substituents is 1. The number of aromatic nitrogens is 2. The average Bonchev–Trinajstić information content (AvgIpc) is 2.53. The Bertz CT molecular complexity index is 855. The van der Waals surface area contributed by atoms with Crippen LogP contribution in [0.4, 0.5) is 17.2 Å². The molecule has 0 fully saturated rings. The Morgan fingerprint density at radius 2 is 1.86 bits per heavy atom. The molecule has 6 nitrogen and oxygen atoms in total. The highest BCUT2D eigenvalue weighted by molar-refractivity contribution is 6.28. The van der Waals surface area contributed by atoms with Gasteiger partial charge < -0.3 is 4.90 Å². The van der Waals surface area contributed by atoms with E-state index in [9.17, 15) is 10.1 Å². The molecule has 0 aliphatic rings. The largest absolute Gasteiger partial charge is 0.329 e. The van der Waals surface area contributed by atoms with Crippen LogP contribution in [0.1, 0.15) is 0 Å². The zero-order valence-corrected chi connectivity index (χ0v) is 12.4. The van der Waals surface area contributed by atoms with Gasteiger partial charge in [0.2, 0.25) is 5.28 Å². The van der Waals surface area contributed by atoms with Crippen LogP contribution in [0.3, 0.4) is 0 Å². The fourth-order valence-electron chi connectivity index (χ4n) is 2.22. The van der Waals surface area contributed by atoms with Crippen molar-refractivity contribution < 1.29 is 4.92 Å². The number of rotatable bonds is 3. The van der Waals surface area contributed by atoms with Crippen LogP contribution in [0.2, 0.25) is 5.28 Å². The normalized spacial score (nSPS) is 10.6. The summed E-state index contributed by atoms with van der Waals surface area (Å²) in [7, 11) is 1.86. The second-order valence-corrected chi connectivity index (χ2v) is 5.01. The molecule has 0 atom stereocenters. The second-order valence-electron chi connectivity index (χ2n) is 4.67. The Morgan fingerprint density at radius 1 is 1.14 bits per heavy atom. The van der Waals surface area contributed by atoms with Gasteiger partial charge in [0, 0.05) is 30.3 Å². The summed E-state index contributed by atoms with van der Waals surface area (Å²) in [5.41, 5.74) is 1.33. The van der Waals surface area contributed by atoms with E-state index in [0.29, 0.717) is 16.7 Å². The topological polar surface area (TPSA) is 72.2 Å². The van der Waals surface area contributed by atoms with Crippen LogP contribution in [0.25, 0.3) is 10.9 Å².